The van der Waals surface area contributed by atoms with Gasteiger partial charge in [-0.15, -0.1) is 13.2 Å². The number of alkyl halides is 3. The Labute approximate surface area is 175 Å². The topological polar surface area (TPSA) is 84.7 Å². The third-order valence-electron chi connectivity index (χ3n) is 4.89. The van der Waals surface area contributed by atoms with E-state index in [2.05, 4.69) is 10.1 Å². The van der Waals surface area contributed by atoms with Gasteiger partial charge < -0.3 is 10.1 Å². The fourth-order valence-corrected chi connectivity index (χ4v) is 4.31. The molecule has 12 heteroatoms. The first-order chi connectivity index (χ1) is 14.4. The molecule has 1 fully saturated rings. The Morgan fingerprint density at radius 3 is 2.32 bits per heavy atom. The average Bonchev–Trinajstić information content (AvgIpc) is 2.67. The van der Waals surface area contributed by atoms with Crippen LogP contribution in [-0.2, 0) is 10.0 Å². The molecular weight excluding hydrogens is 445 g/mol. The van der Waals surface area contributed by atoms with Gasteiger partial charge in [0.25, 0.3) is 0 Å². The molecule has 0 aromatic heterocycles. The maximum absolute atomic E-state index is 14.0. The third-order valence-corrected chi connectivity index (χ3v) is 5.88. The standard InChI is InChI=1S/C19H20F5N3O3S/c20-16-3-1-12(9-17(16)21)15(11-27-7-5-26-6-8-27)14-10-13(30-19(22,23)24)2-4-18(14)31(25,28)29/h1-4,9-10,15,26H,5-8,11H2,(H2,25,28,29). The van der Waals surface area contributed by atoms with E-state index in [1.165, 1.54) is 6.07 Å². The molecule has 2 aromatic carbocycles. The van der Waals surface area contributed by atoms with E-state index in [0.717, 1.165) is 30.3 Å². The molecule has 3 N–H and O–H groups in total. The largest absolute Gasteiger partial charge is 0.573 e. The fourth-order valence-electron chi connectivity index (χ4n) is 3.52. The molecular formula is C19H20F5N3O3S. The van der Waals surface area contributed by atoms with E-state index < -0.39 is 44.6 Å². The van der Waals surface area contributed by atoms with Gasteiger partial charge >= 0.3 is 6.36 Å². The summed E-state index contributed by atoms with van der Waals surface area (Å²) in [7, 11) is -4.34. The van der Waals surface area contributed by atoms with Crippen molar-refractivity contribution < 1.29 is 35.1 Å². The molecule has 2 aromatic rings. The lowest BCUT2D eigenvalue weighted by atomic mass is 9.90. The molecule has 1 unspecified atom stereocenters. The van der Waals surface area contributed by atoms with Crippen LogP contribution in [0.3, 0.4) is 0 Å². The van der Waals surface area contributed by atoms with Gasteiger partial charge in [-0.2, -0.15) is 0 Å². The molecule has 1 heterocycles. The van der Waals surface area contributed by atoms with Gasteiger partial charge in [-0.1, -0.05) is 6.07 Å². The van der Waals surface area contributed by atoms with Crippen LogP contribution in [0.1, 0.15) is 17.0 Å². The Balaban J connectivity index is 2.14. The number of primary sulfonamides is 1. The minimum atomic E-state index is -5.00. The number of benzene rings is 2. The maximum atomic E-state index is 14.0. The van der Waals surface area contributed by atoms with Crippen LogP contribution in [0.5, 0.6) is 5.75 Å². The lowest BCUT2D eigenvalue weighted by Crippen LogP contribution is -2.45. The van der Waals surface area contributed by atoms with E-state index >= 15 is 0 Å². The second-order valence-corrected chi connectivity index (χ2v) is 8.60. The van der Waals surface area contributed by atoms with Crippen molar-refractivity contribution in [1.29, 1.82) is 0 Å². The van der Waals surface area contributed by atoms with Crippen LogP contribution in [0, 0.1) is 11.6 Å². The molecule has 1 atom stereocenters. The van der Waals surface area contributed by atoms with Gasteiger partial charge in [-0.05, 0) is 41.5 Å². The van der Waals surface area contributed by atoms with Crippen molar-refractivity contribution in [2.24, 2.45) is 5.14 Å². The quantitative estimate of drug-likeness (QED) is 0.641. The zero-order valence-electron chi connectivity index (χ0n) is 16.1. The lowest BCUT2D eigenvalue weighted by Gasteiger charge is -2.32. The first-order valence-corrected chi connectivity index (χ1v) is 10.8. The summed E-state index contributed by atoms with van der Waals surface area (Å²) in [4.78, 5) is 1.51. The summed E-state index contributed by atoms with van der Waals surface area (Å²) in [5, 5.41) is 8.43. The molecule has 0 radical (unpaired) electrons. The van der Waals surface area contributed by atoms with Crippen LogP contribution in [0.2, 0.25) is 0 Å². The number of sulfonamides is 1. The molecule has 0 bridgehead atoms. The summed E-state index contributed by atoms with van der Waals surface area (Å²) in [5.74, 6) is -3.84. The highest BCUT2D eigenvalue weighted by Crippen LogP contribution is 2.35. The maximum Gasteiger partial charge on any atom is 0.573 e. The van der Waals surface area contributed by atoms with Gasteiger partial charge in [0.1, 0.15) is 5.75 Å². The molecule has 0 saturated carbocycles. The zero-order chi connectivity index (χ0) is 22.8. The SMILES string of the molecule is NS(=O)(=O)c1ccc(OC(F)(F)F)cc1C(CN1CCNCC1)c1ccc(F)c(F)c1. The van der Waals surface area contributed by atoms with Gasteiger partial charge in [0, 0.05) is 38.6 Å². The molecule has 1 aliphatic rings. The molecule has 170 valence electrons. The predicted molar refractivity (Wildman–Crippen MR) is 102 cm³/mol. The number of halogens is 5. The second-order valence-electron chi connectivity index (χ2n) is 7.07. The molecule has 1 aliphatic heterocycles. The first-order valence-electron chi connectivity index (χ1n) is 9.24. The third kappa shape index (κ3) is 6.12. The molecule has 1 saturated heterocycles. The number of hydrogen-bond acceptors (Lipinski definition) is 5. The van der Waals surface area contributed by atoms with Crippen molar-refractivity contribution in [3.8, 4) is 5.75 Å². The minimum absolute atomic E-state index is 0.103. The molecule has 31 heavy (non-hydrogen) atoms. The highest BCUT2D eigenvalue weighted by molar-refractivity contribution is 7.89. The minimum Gasteiger partial charge on any atom is -0.406 e. The molecule has 6 nitrogen and oxygen atoms in total. The predicted octanol–water partition coefficient (Wildman–Crippen LogP) is 2.55. The van der Waals surface area contributed by atoms with Crippen molar-refractivity contribution in [3.63, 3.8) is 0 Å². The summed E-state index contributed by atoms with van der Waals surface area (Å²) < 4.78 is 93.9. The summed E-state index contributed by atoms with van der Waals surface area (Å²) in [5.41, 5.74) is 0.0836. The highest BCUT2D eigenvalue weighted by atomic mass is 32.2. The molecule has 0 aliphatic carbocycles. The Morgan fingerprint density at radius 2 is 1.74 bits per heavy atom. The van der Waals surface area contributed by atoms with E-state index in [0.29, 0.717) is 26.2 Å². The number of nitrogens with one attached hydrogen (secondary N) is 1. The summed E-state index contributed by atoms with van der Waals surface area (Å²) in [6.07, 6.45) is -5.00. The number of hydrogen-bond donors (Lipinski definition) is 2. The Kier molecular flexibility index (Phi) is 6.84. The smallest absolute Gasteiger partial charge is 0.406 e. The van der Waals surface area contributed by atoms with E-state index in [4.69, 9.17) is 5.14 Å². The van der Waals surface area contributed by atoms with Crippen LogP contribution in [0.4, 0.5) is 22.0 Å². The van der Waals surface area contributed by atoms with Crippen molar-refractivity contribution in [3.05, 3.63) is 59.2 Å². The summed E-state index contributed by atoms with van der Waals surface area (Å²) >= 11 is 0. The van der Waals surface area contributed by atoms with Gasteiger partial charge in [-0.25, -0.2) is 22.3 Å². The number of nitrogens with zero attached hydrogens (tertiary/aromatic N) is 1. The molecule has 0 spiro atoms. The van der Waals surface area contributed by atoms with Gasteiger partial charge in [0.2, 0.25) is 10.0 Å². The van der Waals surface area contributed by atoms with Gasteiger partial charge in [-0.3, -0.25) is 4.90 Å². The Hall–Kier alpha value is -2.28. The summed E-state index contributed by atoms with van der Waals surface area (Å²) in [6, 6.07) is 5.70. The number of rotatable bonds is 6. The van der Waals surface area contributed by atoms with Crippen LogP contribution < -0.4 is 15.2 Å². The monoisotopic (exact) mass is 465 g/mol. The van der Waals surface area contributed by atoms with E-state index in [1.54, 1.807) is 0 Å². The Bertz CT molecular complexity index is 1040. The fraction of sp³-hybridized carbons (Fsp3) is 0.368. The second kappa shape index (κ2) is 9.07. The van der Waals surface area contributed by atoms with Crippen molar-refractivity contribution in [2.45, 2.75) is 17.2 Å². The van der Waals surface area contributed by atoms with Crippen molar-refractivity contribution in [1.82, 2.24) is 10.2 Å². The van der Waals surface area contributed by atoms with Crippen molar-refractivity contribution >= 4 is 10.0 Å². The number of piperazine rings is 1. The normalized spacial score (nSPS) is 16.8. The average molecular weight is 465 g/mol. The Morgan fingerprint density at radius 1 is 1.06 bits per heavy atom. The van der Waals surface area contributed by atoms with E-state index in [1.807, 2.05) is 4.90 Å². The van der Waals surface area contributed by atoms with Crippen LogP contribution in [0.25, 0.3) is 0 Å². The van der Waals surface area contributed by atoms with Gasteiger partial charge in [0.15, 0.2) is 11.6 Å². The first kappa shape index (κ1) is 23.4. The van der Waals surface area contributed by atoms with Gasteiger partial charge in [0.05, 0.1) is 4.90 Å². The summed E-state index contributed by atoms with van der Waals surface area (Å²) in [6.45, 7) is 2.57. The highest BCUT2D eigenvalue weighted by Gasteiger charge is 2.33. The van der Waals surface area contributed by atoms with Crippen LogP contribution in [0.15, 0.2) is 41.3 Å². The van der Waals surface area contributed by atoms with Crippen LogP contribution in [-0.4, -0.2) is 52.4 Å². The molecule has 0 amide bonds. The van der Waals surface area contributed by atoms with E-state index in [-0.39, 0.29) is 17.7 Å². The van der Waals surface area contributed by atoms with E-state index in [9.17, 15) is 30.4 Å². The number of ether oxygens (including phenoxy) is 1. The number of nitrogens with two attached hydrogens (primary N) is 1. The molecule has 3 rings (SSSR count). The zero-order valence-corrected chi connectivity index (χ0v) is 16.9. The van der Waals surface area contributed by atoms with Crippen molar-refractivity contribution in [2.75, 3.05) is 32.7 Å². The van der Waals surface area contributed by atoms with Crippen LogP contribution >= 0.6 is 0 Å². The lowest BCUT2D eigenvalue weighted by molar-refractivity contribution is -0.274.